The molecule has 0 aliphatic heterocycles. The van der Waals surface area contributed by atoms with Crippen LogP contribution in [0.1, 0.15) is 22.6 Å². The molecule has 0 spiro atoms. The van der Waals surface area contributed by atoms with E-state index in [-0.39, 0.29) is 24.9 Å². The molecule has 1 aliphatic carbocycles. The second kappa shape index (κ2) is 7.50. The van der Waals surface area contributed by atoms with Gasteiger partial charge in [0.25, 0.3) is 0 Å². The molecule has 0 bridgehead atoms. The number of amides is 1. The molecule has 0 unspecified atom stereocenters. The Hall–Kier alpha value is -2.70. The SMILES string of the molecule is O=C(Nc1ncc(Br)cc1CO)OCC1c2ccccc2-c2ccccc21. The number of nitrogens with zero attached hydrogens (tertiary/aromatic N) is 1. The fourth-order valence-corrected chi connectivity index (χ4v) is 3.82. The van der Waals surface area contributed by atoms with Crippen molar-refractivity contribution >= 4 is 27.8 Å². The topological polar surface area (TPSA) is 71.5 Å². The van der Waals surface area contributed by atoms with E-state index in [9.17, 15) is 9.90 Å². The van der Waals surface area contributed by atoms with Crippen molar-refractivity contribution < 1.29 is 14.6 Å². The van der Waals surface area contributed by atoms with E-state index in [1.54, 1.807) is 12.3 Å². The van der Waals surface area contributed by atoms with Gasteiger partial charge in [-0.15, -0.1) is 0 Å². The highest BCUT2D eigenvalue weighted by molar-refractivity contribution is 9.10. The Bertz CT molecular complexity index is 961. The van der Waals surface area contributed by atoms with Gasteiger partial charge in [0.1, 0.15) is 12.4 Å². The lowest BCUT2D eigenvalue weighted by atomic mass is 9.98. The number of pyridine rings is 1. The number of rotatable bonds is 4. The van der Waals surface area contributed by atoms with E-state index in [1.165, 1.54) is 11.1 Å². The van der Waals surface area contributed by atoms with Gasteiger partial charge in [-0.3, -0.25) is 5.32 Å². The summed E-state index contributed by atoms with van der Waals surface area (Å²) in [7, 11) is 0. The number of halogens is 1. The zero-order chi connectivity index (χ0) is 18.8. The van der Waals surface area contributed by atoms with Crippen molar-refractivity contribution in [3.8, 4) is 11.1 Å². The van der Waals surface area contributed by atoms with Gasteiger partial charge >= 0.3 is 6.09 Å². The average molecular weight is 425 g/mol. The monoisotopic (exact) mass is 424 g/mol. The molecule has 2 N–H and O–H groups in total. The number of aromatic nitrogens is 1. The van der Waals surface area contributed by atoms with Crippen molar-refractivity contribution in [1.82, 2.24) is 4.98 Å². The summed E-state index contributed by atoms with van der Waals surface area (Å²) < 4.78 is 6.22. The molecule has 4 rings (SSSR count). The summed E-state index contributed by atoms with van der Waals surface area (Å²) in [4.78, 5) is 16.4. The van der Waals surface area contributed by atoms with Crippen LogP contribution in [0.2, 0.25) is 0 Å². The van der Waals surface area contributed by atoms with E-state index in [0.717, 1.165) is 15.6 Å². The van der Waals surface area contributed by atoms with Crippen LogP contribution in [0.3, 0.4) is 0 Å². The smallest absolute Gasteiger partial charge is 0.412 e. The van der Waals surface area contributed by atoms with Gasteiger partial charge in [0.05, 0.1) is 6.61 Å². The minimum Gasteiger partial charge on any atom is -0.448 e. The Morgan fingerprint density at radius 1 is 1.11 bits per heavy atom. The summed E-state index contributed by atoms with van der Waals surface area (Å²) in [6.07, 6.45) is 0.958. The molecule has 27 heavy (non-hydrogen) atoms. The number of carbonyl (C=O) groups is 1. The second-order valence-corrected chi connectivity index (χ2v) is 7.19. The summed E-state index contributed by atoms with van der Waals surface area (Å²) in [6, 6.07) is 18.0. The van der Waals surface area contributed by atoms with Gasteiger partial charge in [-0.25, -0.2) is 9.78 Å². The first kappa shape index (κ1) is 17.7. The molecule has 0 saturated carbocycles. The Labute approximate surface area is 165 Å². The van der Waals surface area contributed by atoms with Crippen molar-refractivity contribution in [2.24, 2.45) is 0 Å². The van der Waals surface area contributed by atoms with Crippen molar-refractivity contribution in [2.75, 3.05) is 11.9 Å². The number of nitrogens with one attached hydrogen (secondary N) is 1. The molecule has 5 nitrogen and oxygen atoms in total. The summed E-state index contributed by atoms with van der Waals surface area (Å²) in [6.45, 7) is -0.00370. The van der Waals surface area contributed by atoms with Crippen LogP contribution in [0.5, 0.6) is 0 Å². The van der Waals surface area contributed by atoms with Crippen LogP contribution in [0, 0.1) is 0 Å². The third kappa shape index (κ3) is 3.46. The van der Waals surface area contributed by atoms with Gasteiger partial charge < -0.3 is 9.84 Å². The van der Waals surface area contributed by atoms with Gasteiger partial charge in [0, 0.05) is 22.2 Å². The van der Waals surface area contributed by atoms with E-state index in [0.29, 0.717) is 5.56 Å². The Morgan fingerprint density at radius 3 is 2.37 bits per heavy atom. The highest BCUT2D eigenvalue weighted by Gasteiger charge is 2.29. The fraction of sp³-hybridized carbons (Fsp3) is 0.143. The lowest BCUT2D eigenvalue weighted by molar-refractivity contribution is 0.158. The minimum atomic E-state index is -0.596. The molecule has 2 aromatic carbocycles. The maximum Gasteiger partial charge on any atom is 0.412 e. The van der Waals surface area contributed by atoms with Gasteiger partial charge in [0.2, 0.25) is 0 Å². The lowest BCUT2D eigenvalue weighted by Crippen LogP contribution is -2.19. The number of hydrogen-bond acceptors (Lipinski definition) is 4. The molecule has 3 aromatic rings. The zero-order valence-electron chi connectivity index (χ0n) is 14.4. The standard InChI is InChI=1S/C21H17BrN2O3/c22-14-9-13(11-25)20(23-10-14)24-21(26)27-12-19-17-7-3-1-5-15(17)16-6-2-4-8-18(16)19/h1-10,19,25H,11-12H2,(H,23,24,26). The van der Waals surface area contributed by atoms with E-state index >= 15 is 0 Å². The Kier molecular flexibility index (Phi) is 4.92. The Morgan fingerprint density at radius 2 is 1.74 bits per heavy atom. The highest BCUT2D eigenvalue weighted by atomic mass is 79.9. The third-order valence-electron chi connectivity index (χ3n) is 4.67. The first-order valence-electron chi connectivity index (χ1n) is 8.54. The van der Waals surface area contributed by atoms with Crippen LogP contribution in [0.15, 0.2) is 65.3 Å². The normalized spacial score (nSPS) is 12.4. The summed E-state index contributed by atoms with van der Waals surface area (Å²) >= 11 is 3.29. The Balaban J connectivity index is 1.50. The number of fused-ring (bicyclic) bond motifs is 3. The van der Waals surface area contributed by atoms with Crippen molar-refractivity contribution in [2.45, 2.75) is 12.5 Å². The molecule has 1 amide bonds. The first-order chi connectivity index (χ1) is 13.2. The van der Waals surface area contributed by atoms with Gasteiger partial charge in [-0.05, 0) is 44.3 Å². The van der Waals surface area contributed by atoms with Crippen molar-refractivity contribution in [3.05, 3.63) is 82.0 Å². The molecular formula is C21H17BrN2O3. The van der Waals surface area contributed by atoms with Crippen LogP contribution in [-0.4, -0.2) is 22.8 Å². The summed E-state index contributed by atoms with van der Waals surface area (Å²) in [5.74, 6) is 0.288. The van der Waals surface area contributed by atoms with Gasteiger partial charge in [-0.2, -0.15) is 0 Å². The largest absolute Gasteiger partial charge is 0.448 e. The van der Waals surface area contributed by atoms with Crippen molar-refractivity contribution in [3.63, 3.8) is 0 Å². The molecule has 136 valence electrons. The predicted molar refractivity (Wildman–Crippen MR) is 107 cm³/mol. The number of benzene rings is 2. The number of hydrogen-bond donors (Lipinski definition) is 2. The number of anilines is 1. The molecule has 1 heterocycles. The average Bonchev–Trinajstić information content (AvgIpc) is 3.01. The van der Waals surface area contributed by atoms with Gasteiger partial charge in [-0.1, -0.05) is 48.5 Å². The number of aliphatic hydroxyl groups excluding tert-OH is 1. The molecule has 1 aliphatic rings. The maximum atomic E-state index is 12.3. The third-order valence-corrected chi connectivity index (χ3v) is 5.10. The van der Waals surface area contributed by atoms with Crippen LogP contribution in [0.4, 0.5) is 10.6 Å². The predicted octanol–water partition coefficient (Wildman–Crippen LogP) is 4.70. The number of aliphatic hydroxyl groups is 1. The van der Waals surface area contributed by atoms with Crippen LogP contribution in [-0.2, 0) is 11.3 Å². The van der Waals surface area contributed by atoms with Crippen LogP contribution < -0.4 is 5.32 Å². The second-order valence-electron chi connectivity index (χ2n) is 6.27. The molecular weight excluding hydrogens is 408 g/mol. The first-order valence-corrected chi connectivity index (χ1v) is 9.34. The minimum absolute atomic E-state index is 0.00154. The fourth-order valence-electron chi connectivity index (χ4n) is 3.45. The van der Waals surface area contributed by atoms with Gasteiger partial charge in [0.15, 0.2) is 0 Å². The molecule has 0 fully saturated rings. The van der Waals surface area contributed by atoms with E-state index in [2.05, 4.69) is 50.5 Å². The van der Waals surface area contributed by atoms with Crippen molar-refractivity contribution in [1.29, 1.82) is 0 Å². The van der Waals surface area contributed by atoms with Crippen LogP contribution in [0.25, 0.3) is 11.1 Å². The van der Waals surface area contributed by atoms with E-state index < -0.39 is 6.09 Å². The molecule has 1 aromatic heterocycles. The maximum absolute atomic E-state index is 12.3. The lowest BCUT2D eigenvalue weighted by Gasteiger charge is -2.15. The molecule has 0 saturated heterocycles. The molecule has 6 heteroatoms. The number of carbonyl (C=O) groups excluding carboxylic acids is 1. The zero-order valence-corrected chi connectivity index (χ0v) is 15.9. The summed E-state index contributed by atoms with van der Waals surface area (Å²) in [5, 5.41) is 12.0. The molecule has 0 atom stereocenters. The molecule has 0 radical (unpaired) electrons. The quantitative estimate of drug-likeness (QED) is 0.636. The summed E-state index contributed by atoms with van der Waals surface area (Å²) in [5.41, 5.74) is 5.19. The van der Waals surface area contributed by atoms with E-state index in [4.69, 9.17) is 4.74 Å². The van der Waals surface area contributed by atoms with E-state index in [1.807, 2.05) is 24.3 Å². The highest BCUT2D eigenvalue weighted by Crippen LogP contribution is 2.44. The number of ether oxygens (including phenoxy) is 1. The van der Waals surface area contributed by atoms with Crippen LogP contribution >= 0.6 is 15.9 Å².